The molecule has 1 atom stereocenters. The fourth-order valence-electron chi connectivity index (χ4n) is 2.78. The van der Waals surface area contributed by atoms with E-state index in [2.05, 4.69) is 6.07 Å². The predicted molar refractivity (Wildman–Crippen MR) is 98.1 cm³/mol. The first-order valence-corrected chi connectivity index (χ1v) is 8.72. The molecule has 3 nitrogen and oxygen atoms in total. The Hall–Kier alpha value is -2.73. The van der Waals surface area contributed by atoms with E-state index in [1.165, 1.54) is 5.56 Å². The molecule has 128 valence electrons. The van der Waals surface area contributed by atoms with Crippen molar-refractivity contribution >= 4 is 11.6 Å². The second-order valence-electron chi connectivity index (χ2n) is 6.24. The summed E-state index contributed by atoms with van der Waals surface area (Å²) >= 11 is 0. The fraction of sp³-hybridized carbons (Fsp3) is 0.318. The number of hydrogen-bond donors (Lipinski definition) is 0. The molecule has 0 bridgehead atoms. The first-order chi connectivity index (χ1) is 12.2. The Morgan fingerprint density at radius 2 is 1.56 bits per heavy atom. The number of carbonyl (C=O) groups excluding carboxylic acids is 2. The van der Waals surface area contributed by atoms with Gasteiger partial charge in [0.25, 0.3) is 0 Å². The van der Waals surface area contributed by atoms with Crippen molar-refractivity contribution in [3.63, 3.8) is 0 Å². The van der Waals surface area contributed by atoms with Crippen LogP contribution in [0.3, 0.4) is 0 Å². The SMILES string of the molecule is N#C[C@H](CCCC(=O)CCc1ccccc1)CC(=O)c1ccccc1. The molecule has 0 N–H and O–H groups in total. The summed E-state index contributed by atoms with van der Waals surface area (Å²) in [6.07, 6.45) is 3.24. The Kier molecular flexibility index (Phi) is 7.59. The molecule has 0 unspecified atom stereocenters. The average Bonchev–Trinajstić information content (AvgIpc) is 2.67. The van der Waals surface area contributed by atoms with E-state index in [0.717, 1.165) is 6.42 Å². The Balaban J connectivity index is 1.69. The summed E-state index contributed by atoms with van der Waals surface area (Å²) in [6.45, 7) is 0. The molecule has 0 aliphatic rings. The van der Waals surface area contributed by atoms with Gasteiger partial charge in [0.15, 0.2) is 5.78 Å². The molecule has 25 heavy (non-hydrogen) atoms. The first kappa shape index (κ1) is 18.6. The van der Waals surface area contributed by atoms with Crippen molar-refractivity contribution in [2.75, 3.05) is 0 Å². The van der Waals surface area contributed by atoms with Crippen molar-refractivity contribution in [3.05, 3.63) is 71.8 Å². The second-order valence-corrected chi connectivity index (χ2v) is 6.24. The van der Waals surface area contributed by atoms with Crippen LogP contribution in [0.25, 0.3) is 0 Å². The molecule has 2 rings (SSSR count). The van der Waals surface area contributed by atoms with Gasteiger partial charge in [0.2, 0.25) is 0 Å². The van der Waals surface area contributed by atoms with Gasteiger partial charge in [-0.25, -0.2) is 0 Å². The molecule has 0 spiro atoms. The van der Waals surface area contributed by atoms with Gasteiger partial charge in [-0.3, -0.25) is 9.59 Å². The maximum atomic E-state index is 12.2. The van der Waals surface area contributed by atoms with E-state index in [-0.39, 0.29) is 23.9 Å². The van der Waals surface area contributed by atoms with E-state index in [1.54, 1.807) is 12.1 Å². The maximum absolute atomic E-state index is 12.2. The monoisotopic (exact) mass is 333 g/mol. The normalized spacial score (nSPS) is 11.5. The summed E-state index contributed by atoms with van der Waals surface area (Å²) in [5.74, 6) is -0.118. The van der Waals surface area contributed by atoms with Crippen LogP contribution in [0, 0.1) is 17.2 Å². The van der Waals surface area contributed by atoms with E-state index < -0.39 is 0 Å². The highest BCUT2D eigenvalue weighted by Crippen LogP contribution is 2.16. The van der Waals surface area contributed by atoms with Gasteiger partial charge in [-0.1, -0.05) is 60.7 Å². The zero-order valence-electron chi connectivity index (χ0n) is 14.4. The molecule has 0 aliphatic heterocycles. The summed E-state index contributed by atoms with van der Waals surface area (Å²) in [7, 11) is 0. The lowest BCUT2D eigenvalue weighted by atomic mass is 9.93. The van der Waals surface area contributed by atoms with E-state index in [4.69, 9.17) is 0 Å². The molecular formula is C22H23NO2. The minimum Gasteiger partial charge on any atom is -0.300 e. The van der Waals surface area contributed by atoms with Gasteiger partial charge in [-0.2, -0.15) is 5.26 Å². The van der Waals surface area contributed by atoms with Crippen molar-refractivity contribution < 1.29 is 9.59 Å². The van der Waals surface area contributed by atoms with Crippen LogP contribution in [0.4, 0.5) is 0 Å². The van der Waals surface area contributed by atoms with E-state index in [9.17, 15) is 14.9 Å². The molecule has 2 aromatic rings. The molecule has 0 amide bonds. The summed E-state index contributed by atoms with van der Waals surface area (Å²) in [5.41, 5.74) is 1.81. The molecular weight excluding hydrogens is 310 g/mol. The fourth-order valence-corrected chi connectivity index (χ4v) is 2.78. The third-order valence-corrected chi connectivity index (χ3v) is 4.25. The topological polar surface area (TPSA) is 57.9 Å². The summed E-state index contributed by atoms with van der Waals surface area (Å²) in [5, 5.41) is 9.25. The lowest BCUT2D eigenvalue weighted by Crippen LogP contribution is -2.08. The minimum absolute atomic E-state index is 0.0115. The number of nitriles is 1. The Morgan fingerprint density at radius 1 is 0.920 bits per heavy atom. The second kappa shape index (κ2) is 10.2. The smallest absolute Gasteiger partial charge is 0.164 e. The van der Waals surface area contributed by atoms with Gasteiger partial charge in [0.1, 0.15) is 5.78 Å². The van der Waals surface area contributed by atoms with Crippen LogP contribution in [0.2, 0.25) is 0 Å². The summed E-state index contributed by atoms with van der Waals surface area (Å²) in [6, 6.07) is 21.2. The van der Waals surface area contributed by atoms with Gasteiger partial charge in [0, 0.05) is 24.8 Å². The molecule has 0 saturated carbocycles. The molecule has 0 fully saturated rings. The summed E-state index contributed by atoms with van der Waals surface area (Å²) in [4.78, 5) is 24.1. The third-order valence-electron chi connectivity index (χ3n) is 4.25. The Bertz CT molecular complexity index is 717. The maximum Gasteiger partial charge on any atom is 0.164 e. The predicted octanol–water partition coefficient (Wildman–Crippen LogP) is 4.77. The van der Waals surface area contributed by atoms with Crippen LogP contribution in [0.15, 0.2) is 60.7 Å². The highest BCUT2D eigenvalue weighted by Gasteiger charge is 2.15. The molecule has 0 radical (unpaired) electrons. The Morgan fingerprint density at radius 3 is 2.20 bits per heavy atom. The van der Waals surface area contributed by atoms with Crippen molar-refractivity contribution in [2.24, 2.45) is 5.92 Å². The minimum atomic E-state index is -0.324. The van der Waals surface area contributed by atoms with Gasteiger partial charge < -0.3 is 0 Å². The molecule has 0 heterocycles. The quantitative estimate of drug-likeness (QED) is 0.588. The molecule has 0 aromatic heterocycles. The number of rotatable bonds is 10. The molecule has 3 heteroatoms. The van der Waals surface area contributed by atoms with Crippen molar-refractivity contribution in [1.29, 1.82) is 5.26 Å². The lowest BCUT2D eigenvalue weighted by molar-refractivity contribution is -0.119. The summed E-state index contributed by atoms with van der Waals surface area (Å²) < 4.78 is 0. The number of carbonyl (C=O) groups is 2. The van der Waals surface area contributed by atoms with Crippen LogP contribution in [0.5, 0.6) is 0 Å². The number of ketones is 2. The van der Waals surface area contributed by atoms with Crippen LogP contribution >= 0.6 is 0 Å². The van der Waals surface area contributed by atoms with Crippen molar-refractivity contribution in [3.8, 4) is 6.07 Å². The first-order valence-electron chi connectivity index (χ1n) is 8.72. The molecule has 0 aliphatic carbocycles. The zero-order valence-corrected chi connectivity index (χ0v) is 14.4. The largest absolute Gasteiger partial charge is 0.300 e. The van der Waals surface area contributed by atoms with Crippen LogP contribution in [0.1, 0.15) is 48.0 Å². The standard InChI is InChI=1S/C22H23NO2/c23-17-19(16-22(25)20-11-5-2-6-12-20)10-7-13-21(24)15-14-18-8-3-1-4-9-18/h1-6,8-9,11-12,19H,7,10,13-16H2/t19-/m1/s1. The highest BCUT2D eigenvalue weighted by molar-refractivity contribution is 5.96. The van der Waals surface area contributed by atoms with E-state index in [1.807, 2.05) is 48.5 Å². The van der Waals surface area contributed by atoms with Crippen LogP contribution < -0.4 is 0 Å². The van der Waals surface area contributed by atoms with Gasteiger partial charge in [-0.15, -0.1) is 0 Å². The Labute approximate surface area is 149 Å². The third kappa shape index (κ3) is 6.73. The number of nitrogens with zero attached hydrogens (tertiary/aromatic N) is 1. The highest BCUT2D eigenvalue weighted by atomic mass is 16.1. The molecule has 0 saturated heterocycles. The number of hydrogen-bond acceptors (Lipinski definition) is 3. The number of benzene rings is 2. The van der Waals surface area contributed by atoms with E-state index in [0.29, 0.717) is 31.2 Å². The van der Waals surface area contributed by atoms with Crippen molar-refractivity contribution in [1.82, 2.24) is 0 Å². The van der Waals surface area contributed by atoms with Crippen LogP contribution in [-0.4, -0.2) is 11.6 Å². The number of Topliss-reactive ketones (excluding diaryl/α,β-unsaturated/α-hetero) is 2. The number of aryl methyl sites for hydroxylation is 1. The van der Waals surface area contributed by atoms with E-state index >= 15 is 0 Å². The van der Waals surface area contributed by atoms with Crippen molar-refractivity contribution in [2.45, 2.75) is 38.5 Å². The van der Waals surface area contributed by atoms with Gasteiger partial charge >= 0.3 is 0 Å². The van der Waals surface area contributed by atoms with Crippen LogP contribution in [-0.2, 0) is 11.2 Å². The zero-order chi connectivity index (χ0) is 17.9. The average molecular weight is 333 g/mol. The van der Waals surface area contributed by atoms with Gasteiger partial charge in [-0.05, 0) is 24.8 Å². The van der Waals surface area contributed by atoms with Gasteiger partial charge in [0.05, 0.1) is 12.0 Å². The lowest BCUT2D eigenvalue weighted by Gasteiger charge is -2.08. The molecule has 2 aromatic carbocycles.